The van der Waals surface area contributed by atoms with Gasteiger partial charge in [0.1, 0.15) is 0 Å². The summed E-state index contributed by atoms with van der Waals surface area (Å²) >= 11 is 0. The highest BCUT2D eigenvalue weighted by molar-refractivity contribution is 6.07. The molecule has 4 bridgehead atoms. The summed E-state index contributed by atoms with van der Waals surface area (Å²) in [6.07, 6.45) is 13.1. The van der Waals surface area contributed by atoms with Gasteiger partial charge in [-0.15, -0.1) is 13.2 Å². The Morgan fingerprint density at radius 3 is 2.02 bits per heavy atom. The zero-order valence-electron chi connectivity index (χ0n) is 22.9. The van der Waals surface area contributed by atoms with Crippen LogP contribution in [0.3, 0.4) is 0 Å². The lowest BCUT2D eigenvalue weighted by atomic mass is 9.77. The maximum absolute atomic E-state index is 13.5. The van der Waals surface area contributed by atoms with E-state index in [0.717, 1.165) is 30.4 Å². The topological polar surface area (TPSA) is 74.8 Å². The van der Waals surface area contributed by atoms with Crippen LogP contribution in [0.4, 0.5) is 0 Å². The van der Waals surface area contributed by atoms with Crippen molar-refractivity contribution in [1.29, 1.82) is 0 Å². The monoisotopic (exact) mass is 536 g/mol. The number of allylic oxidation sites excluding steroid dienone is 6. The van der Waals surface area contributed by atoms with Crippen molar-refractivity contribution in [1.82, 2.24) is 9.80 Å². The van der Waals surface area contributed by atoms with Gasteiger partial charge in [-0.05, 0) is 65.9 Å². The van der Waals surface area contributed by atoms with Gasteiger partial charge >= 0.3 is 0 Å². The first-order valence-corrected chi connectivity index (χ1v) is 14.8. The van der Waals surface area contributed by atoms with Crippen molar-refractivity contribution in [2.75, 3.05) is 0 Å². The molecule has 2 saturated carbocycles. The fourth-order valence-electron chi connectivity index (χ4n) is 9.10. The normalized spacial score (nSPS) is 37.4. The van der Waals surface area contributed by atoms with E-state index in [1.807, 2.05) is 36.4 Å². The van der Waals surface area contributed by atoms with Gasteiger partial charge in [0.15, 0.2) is 0 Å². The number of carbonyl (C=O) groups is 4. The Hall–Kier alpha value is -3.54. The highest BCUT2D eigenvalue weighted by Crippen LogP contribution is 2.58. The maximum Gasteiger partial charge on any atom is 0.234 e. The lowest BCUT2D eigenvalue weighted by Crippen LogP contribution is -2.34. The Bertz CT molecular complexity index is 1370. The van der Waals surface area contributed by atoms with Crippen molar-refractivity contribution in [2.24, 2.45) is 59.2 Å². The van der Waals surface area contributed by atoms with Crippen molar-refractivity contribution in [3.8, 4) is 0 Å². The number of likely N-dealkylation sites (tertiary alicyclic amines) is 2. The Morgan fingerprint density at radius 2 is 1.45 bits per heavy atom. The summed E-state index contributed by atoms with van der Waals surface area (Å²) in [5.41, 5.74) is 2.93. The highest BCUT2D eigenvalue weighted by Gasteiger charge is 2.63. The van der Waals surface area contributed by atoms with Gasteiger partial charge in [0.25, 0.3) is 0 Å². The fourth-order valence-corrected chi connectivity index (χ4v) is 9.10. The predicted octanol–water partition coefficient (Wildman–Crippen LogP) is 4.69. The second-order valence-electron chi connectivity index (χ2n) is 12.7. The van der Waals surface area contributed by atoms with Gasteiger partial charge in [-0.25, -0.2) is 0 Å². The molecule has 6 heteroatoms. The zero-order chi connectivity index (χ0) is 27.9. The number of carbonyl (C=O) groups excluding carboxylic acids is 4. The molecule has 6 aliphatic rings. The molecule has 0 N–H and O–H groups in total. The zero-order valence-corrected chi connectivity index (χ0v) is 22.9. The largest absolute Gasteiger partial charge is 0.278 e. The first-order valence-electron chi connectivity index (χ1n) is 14.8. The van der Waals surface area contributed by atoms with E-state index in [4.69, 9.17) is 0 Å². The number of nitrogens with zero attached hydrogens (tertiary/aromatic N) is 2. The third kappa shape index (κ3) is 3.47. The number of benzene rings is 1. The lowest BCUT2D eigenvalue weighted by Gasteiger charge is -2.24. The number of fused-ring (bicyclic) bond motifs is 10. The Labute approximate surface area is 235 Å². The summed E-state index contributed by atoms with van der Waals surface area (Å²) in [4.78, 5) is 56.7. The first-order chi connectivity index (χ1) is 19.3. The van der Waals surface area contributed by atoms with E-state index >= 15 is 0 Å². The summed E-state index contributed by atoms with van der Waals surface area (Å²) in [7, 11) is 0. The van der Waals surface area contributed by atoms with Crippen LogP contribution in [0.5, 0.6) is 0 Å². The summed E-state index contributed by atoms with van der Waals surface area (Å²) in [5.74, 6) is -0.191. The first kappa shape index (κ1) is 25.4. The van der Waals surface area contributed by atoms with Crippen LogP contribution >= 0.6 is 0 Å². The number of rotatable bonds is 9. The van der Waals surface area contributed by atoms with Crippen LogP contribution in [0, 0.1) is 59.2 Å². The molecule has 9 unspecified atom stereocenters. The molecule has 6 nitrogen and oxygen atoms in total. The molecule has 4 fully saturated rings. The molecule has 2 saturated heterocycles. The van der Waals surface area contributed by atoms with E-state index < -0.39 is 0 Å². The average molecular weight is 537 g/mol. The molecule has 7 rings (SSSR count). The minimum Gasteiger partial charge on any atom is -0.278 e. The van der Waals surface area contributed by atoms with E-state index in [9.17, 15) is 19.2 Å². The van der Waals surface area contributed by atoms with E-state index in [0.29, 0.717) is 5.92 Å². The molecule has 206 valence electrons. The van der Waals surface area contributed by atoms with Crippen molar-refractivity contribution in [2.45, 2.75) is 39.3 Å². The summed E-state index contributed by atoms with van der Waals surface area (Å²) < 4.78 is 0. The van der Waals surface area contributed by atoms with Crippen LogP contribution in [0.2, 0.25) is 0 Å². The van der Waals surface area contributed by atoms with Crippen molar-refractivity contribution >= 4 is 23.6 Å². The van der Waals surface area contributed by atoms with Gasteiger partial charge in [-0.3, -0.25) is 29.0 Å². The molecule has 4 amide bonds. The Morgan fingerprint density at radius 1 is 0.875 bits per heavy atom. The third-order valence-corrected chi connectivity index (χ3v) is 10.9. The van der Waals surface area contributed by atoms with Gasteiger partial charge in [0.2, 0.25) is 23.6 Å². The fraction of sp³-hybridized carbons (Fsp3) is 0.471. The average Bonchev–Trinajstić information content (AvgIpc) is 3.79. The van der Waals surface area contributed by atoms with Gasteiger partial charge in [-0.1, -0.05) is 67.1 Å². The van der Waals surface area contributed by atoms with Crippen molar-refractivity contribution < 1.29 is 19.2 Å². The minimum atomic E-state index is -0.262. The molecule has 1 aromatic carbocycles. The second-order valence-corrected chi connectivity index (χ2v) is 12.7. The number of hydrogen-bond acceptors (Lipinski definition) is 4. The van der Waals surface area contributed by atoms with Gasteiger partial charge in [0, 0.05) is 0 Å². The van der Waals surface area contributed by atoms with Gasteiger partial charge in [0.05, 0.1) is 36.8 Å². The molecule has 40 heavy (non-hydrogen) atoms. The van der Waals surface area contributed by atoms with Crippen LogP contribution in [0.15, 0.2) is 73.4 Å². The Kier molecular flexibility index (Phi) is 5.88. The van der Waals surface area contributed by atoms with Crippen LogP contribution < -0.4 is 0 Å². The summed E-state index contributed by atoms with van der Waals surface area (Å²) in [5, 5.41) is 0. The SMILES string of the molecule is C=CCCC1C2C=CC1C1C(=O)N(Cc3cccc(CN4C(=O)C5C6C=C(C(C)C=C)C(C6)C5C4=O)c3)C(=O)C21. The second kappa shape index (κ2) is 9.25. The summed E-state index contributed by atoms with van der Waals surface area (Å²) in [6, 6.07) is 7.63. The molecular formula is C34H36N2O4. The van der Waals surface area contributed by atoms with Crippen LogP contribution in [-0.2, 0) is 32.3 Å². The number of amides is 4. The van der Waals surface area contributed by atoms with Crippen molar-refractivity contribution in [3.05, 3.63) is 84.5 Å². The molecule has 2 heterocycles. The molecule has 2 aliphatic heterocycles. The molecule has 0 spiro atoms. The quantitative estimate of drug-likeness (QED) is 0.339. The molecule has 1 aromatic rings. The number of imide groups is 2. The molecule has 4 aliphatic carbocycles. The lowest BCUT2D eigenvalue weighted by molar-refractivity contribution is -0.143. The number of hydrogen-bond donors (Lipinski definition) is 0. The Balaban J connectivity index is 1.05. The van der Waals surface area contributed by atoms with E-state index in [-0.39, 0.29) is 90.0 Å². The van der Waals surface area contributed by atoms with Crippen molar-refractivity contribution in [3.63, 3.8) is 0 Å². The molecule has 0 aromatic heterocycles. The molecule has 9 atom stereocenters. The predicted molar refractivity (Wildman–Crippen MR) is 150 cm³/mol. The van der Waals surface area contributed by atoms with E-state index in [2.05, 4.69) is 38.3 Å². The van der Waals surface area contributed by atoms with Crippen LogP contribution in [0.1, 0.15) is 37.3 Å². The van der Waals surface area contributed by atoms with Gasteiger partial charge < -0.3 is 0 Å². The minimum absolute atomic E-state index is 0.0638. The van der Waals surface area contributed by atoms with Gasteiger partial charge in [-0.2, -0.15) is 0 Å². The summed E-state index contributed by atoms with van der Waals surface area (Å²) in [6.45, 7) is 10.3. The third-order valence-electron chi connectivity index (χ3n) is 10.9. The smallest absolute Gasteiger partial charge is 0.234 e. The van der Waals surface area contributed by atoms with E-state index in [1.54, 1.807) is 0 Å². The van der Waals surface area contributed by atoms with E-state index in [1.165, 1.54) is 15.4 Å². The van der Waals surface area contributed by atoms with Crippen LogP contribution in [0.25, 0.3) is 0 Å². The van der Waals surface area contributed by atoms with Crippen LogP contribution in [-0.4, -0.2) is 33.4 Å². The highest BCUT2D eigenvalue weighted by atomic mass is 16.2. The standard InChI is InChI=1S/C34H36N2O4/c1-4-6-10-22-23-11-12-24(22)29-28(23)32(38)36(33(29)39)17-20-9-7-8-19(13-20)16-35-31(37)27-21-14-25(18(3)5-2)26(15-21)30(27)34(35)40/h4-5,7-9,11-14,18,21-24,26-30H,1-2,6,10,15-17H2,3H3. The maximum atomic E-state index is 13.5. The molecule has 0 radical (unpaired) electrons. The molecular weight excluding hydrogens is 500 g/mol.